The second kappa shape index (κ2) is 26.8. The molecule has 0 fully saturated rings. The number of hydrogen-bond donors (Lipinski definition) is 1. The van der Waals surface area contributed by atoms with Crippen LogP contribution in [0.5, 0.6) is 0 Å². The summed E-state index contributed by atoms with van der Waals surface area (Å²) in [4.78, 5) is 33.0. The Hall–Kier alpha value is -2.21. The van der Waals surface area contributed by atoms with Crippen LogP contribution in [0.25, 0.3) is 0 Å². The molecule has 0 bridgehead atoms. The molecule has 6 nitrogen and oxygen atoms in total. The minimum absolute atomic E-state index is 0.0926. The van der Waals surface area contributed by atoms with Gasteiger partial charge in [0, 0.05) is 6.42 Å². The van der Waals surface area contributed by atoms with E-state index < -0.39 is 6.09 Å². The highest BCUT2D eigenvalue weighted by molar-refractivity contribution is 5.80. The van der Waals surface area contributed by atoms with Gasteiger partial charge in [-0.3, -0.25) is 9.69 Å². The highest BCUT2D eigenvalue weighted by Gasteiger charge is 2.13. The lowest BCUT2D eigenvalue weighted by Gasteiger charge is -2.23. The van der Waals surface area contributed by atoms with Gasteiger partial charge >= 0.3 is 6.09 Å². The molecule has 1 atom stereocenters. The van der Waals surface area contributed by atoms with Gasteiger partial charge in [-0.2, -0.15) is 0 Å². The minimum Gasteiger partial charge on any atom is -0.453 e. The zero-order valence-corrected chi connectivity index (χ0v) is 21.0. The molecule has 0 saturated carbocycles. The maximum absolute atomic E-state index is 10.9. The van der Waals surface area contributed by atoms with Crippen LogP contribution >= 0.6 is 0 Å². The number of ether oxygens (including phenoxy) is 1. The smallest absolute Gasteiger partial charge is 0.404 e. The zero-order chi connectivity index (χ0) is 24.5. The number of primary amides is 1. The Labute approximate surface area is 185 Å². The predicted octanol–water partition coefficient (Wildman–Crippen LogP) is 5.28. The Kier molecular flexibility index (Phi) is 31.5. The van der Waals surface area contributed by atoms with Crippen molar-refractivity contribution in [3.05, 3.63) is 35.9 Å². The van der Waals surface area contributed by atoms with Crippen LogP contribution in [0.1, 0.15) is 74.3 Å². The fourth-order valence-electron chi connectivity index (χ4n) is 1.99. The number of aryl methyl sites for hydroxylation is 1. The lowest BCUT2D eigenvalue weighted by Crippen LogP contribution is -2.37. The van der Waals surface area contributed by atoms with Crippen molar-refractivity contribution in [1.82, 2.24) is 4.90 Å². The van der Waals surface area contributed by atoms with E-state index in [1.54, 1.807) is 13.8 Å². The molecular formula is C24H46N2O4. The van der Waals surface area contributed by atoms with Gasteiger partial charge in [-0.25, -0.2) is 4.79 Å². The largest absolute Gasteiger partial charge is 0.453 e. The number of amides is 1. The summed E-state index contributed by atoms with van der Waals surface area (Å²) in [5.74, 6) is 0.512. The van der Waals surface area contributed by atoms with Crippen LogP contribution in [-0.4, -0.2) is 48.8 Å². The van der Waals surface area contributed by atoms with Gasteiger partial charge in [-0.1, -0.05) is 71.9 Å². The third-order valence-corrected chi connectivity index (χ3v) is 3.76. The van der Waals surface area contributed by atoms with Crippen molar-refractivity contribution in [3.8, 4) is 0 Å². The van der Waals surface area contributed by atoms with Crippen molar-refractivity contribution in [1.29, 1.82) is 0 Å². The van der Waals surface area contributed by atoms with Gasteiger partial charge in [0.1, 0.15) is 11.6 Å². The van der Waals surface area contributed by atoms with Crippen molar-refractivity contribution in [3.63, 3.8) is 0 Å². The fraction of sp³-hybridized carbons (Fsp3) is 0.625. The molecule has 0 aromatic heterocycles. The number of benzene rings is 1. The Morgan fingerprint density at radius 2 is 1.37 bits per heavy atom. The maximum atomic E-state index is 10.9. The standard InChI is InChI=1S/C10H12O.C8H17NO.C2H5NO2.2C2H6/c1-9(11)7-8-10-5-3-2-4-6-10;1-5-9(6-2)7(3)8(4)10;1-5-2(3)4;2*1-2/h2-6H,7-8H2,1H3;7H,5-6H2,1-4H3;1H3,(H2,3,4);2*1-2H3. The first-order valence-corrected chi connectivity index (χ1v) is 10.8. The lowest BCUT2D eigenvalue weighted by atomic mass is 10.1. The van der Waals surface area contributed by atoms with E-state index >= 15 is 0 Å². The van der Waals surface area contributed by atoms with E-state index in [0.717, 1.165) is 19.5 Å². The van der Waals surface area contributed by atoms with Gasteiger partial charge in [0.25, 0.3) is 0 Å². The average Bonchev–Trinajstić information content (AvgIpc) is 2.77. The van der Waals surface area contributed by atoms with Crippen LogP contribution in [-0.2, 0) is 20.7 Å². The van der Waals surface area contributed by atoms with E-state index in [0.29, 0.717) is 6.42 Å². The number of ketones is 2. The Morgan fingerprint density at radius 1 is 0.967 bits per heavy atom. The molecule has 0 radical (unpaired) electrons. The molecule has 1 unspecified atom stereocenters. The number of hydrogen-bond acceptors (Lipinski definition) is 5. The quantitative estimate of drug-likeness (QED) is 0.641. The van der Waals surface area contributed by atoms with Gasteiger partial charge in [-0.15, -0.1) is 0 Å². The van der Waals surface area contributed by atoms with Crippen LogP contribution in [0, 0.1) is 0 Å². The molecule has 176 valence electrons. The summed E-state index contributed by atoms with van der Waals surface area (Å²) in [5.41, 5.74) is 5.67. The third kappa shape index (κ3) is 25.8. The van der Waals surface area contributed by atoms with Crippen molar-refractivity contribution in [2.24, 2.45) is 5.73 Å². The molecule has 0 aliphatic heterocycles. The molecule has 1 rings (SSSR count). The molecule has 1 aromatic carbocycles. The molecule has 1 amide bonds. The molecule has 0 aliphatic carbocycles. The first-order valence-electron chi connectivity index (χ1n) is 10.8. The van der Waals surface area contributed by atoms with E-state index in [9.17, 15) is 14.4 Å². The monoisotopic (exact) mass is 426 g/mol. The van der Waals surface area contributed by atoms with E-state index in [-0.39, 0.29) is 17.6 Å². The van der Waals surface area contributed by atoms with Gasteiger partial charge in [-0.05, 0) is 45.8 Å². The van der Waals surface area contributed by atoms with Gasteiger partial charge in [0.15, 0.2) is 0 Å². The Bertz CT molecular complexity index is 515. The fourth-order valence-corrected chi connectivity index (χ4v) is 1.99. The normalized spacial score (nSPS) is 9.57. The molecule has 0 spiro atoms. The second-order valence-electron chi connectivity index (χ2n) is 5.72. The summed E-state index contributed by atoms with van der Waals surface area (Å²) in [7, 11) is 1.22. The lowest BCUT2D eigenvalue weighted by molar-refractivity contribution is -0.121. The van der Waals surface area contributed by atoms with Gasteiger partial charge in [0.2, 0.25) is 0 Å². The molecule has 30 heavy (non-hydrogen) atoms. The summed E-state index contributed by atoms with van der Waals surface area (Å²) >= 11 is 0. The maximum Gasteiger partial charge on any atom is 0.404 e. The first kappa shape index (κ1) is 35.2. The van der Waals surface area contributed by atoms with Crippen molar-refractivity contribution in [2.75, 3.05) is 20.2 Å². The van der Waals surface area contributed by atoms with E-state index in [1.165, 1.54) is 12.7 Å². The van der Waals surface area contributed by atoms with Crippen LogP contribution in [0.15, 0.2) is 30.3 Å². The van der Waals surface area contributed by atoms with Crippen LogP contribution in [0.2, 0.25) is 0 Å². The first-order chi connectivity index (χ1) is 14.2. The van der Waals surface area contributed by atoms with Crippen LogP contribution < -0.4 is 5.73 Å². The topological polar surface area (TPSA) is 89.7 Å². The summed E-state index contributed by atoms with van der Waals surface area (Å²) < 4.78 is 3.89. The number of carbonyl (C=O) groups excluding carboxylic acids is 3. The SMILES string of the molecule is CC.CC.CC(=O)CCc1ccccc1.CCN(CC)C(C)C(C)=O.COC(N)=O. The van der Waals surface area contributed by atoms with E-state index in [1.807, 2.05) is 65.0 Å². The molecule has 0 heterocycles. The summed E-state index contributed by atoms with van der Waals surface area (Å²) in [6, 6.07) is 10.2. The number of nitrogens with zero attached hydrogens (tertiary/aromatic N) is 1. The number of carbonyl (C=O) groups is 3. The third-order valence-electron chi connectivity index (χ3n) is 3.76. The van der Waals surface area contributed by atoms with Gasteiger partial charge < -0.3 is 15.3 Å². The molecular weight excluding hydrogens is 380 g/mol. The summed E-state index contributed by atoms with van der Waals surface area (Å²) in [6.45, 7) is 19.3. The minimum atomic E-state index is -0.745. The molecule has 0 saturated heterocycles. The molecule has 1 aromatic rings. The van der Waals surface area contributed by atoms with E-state index in [4.69, 9.17) is 0 Å². The van der Waals surface area contributed by atoms with Gasteiger partial charge in [0.05, 0.1) is 13.2 Å². The Morgan fingerprint density at radius 3 is 1.60 bits per heavy atom. The molecule has 6 heteroatoms. The number of nitrogens with two attached hydrogens (primary N) is 1. The zero-order valence-electron chi connectivity index (χ0n) is 21.0. The highest BCUT2D eigenvalue weighted by Crippen LogP contribution is 2.02. The van der Waals surface area contributed by atoms with E-state index in [2.05, 4.69) is 29.2 Å². The predicted molar refractivity (Wildman–Crippen MR) is 128 cm³/mol. The number of methoxy groups -OCH3 is 1. The molecule has 0 aliphatic rings. The summed E-state index contributed by atoms with van der Waals surface area (Å²) in [6.07, 6.45) is 0.783. The van der Waals surface area contributed by atoms with Crippen LogP contribution in [0.4, 0.5) is 4.79 Å². The van der Waals surface area contributed by atoms with Crippen molar-refractivity contribution >= 4 is 17.7 Å². The number of likely N-dealkylation sites (N-methyl/N-ethyl adjacent to an activating group) is 1. The second-order valence-corrected chi connectivity index (χ2v) is 5.72. The Balaban J connectivity index is -0.000000164. The number of Topliss-reactive ketones (excluding diaryl/α,β-unsaturated/α-hetero) is 2. The van der Waals surface area contributed by atoms with Crippen LogP contribution in [0.3, 0.4) is 0 Å². The number of rotatable bonds is 7. The van der Waals surface area contributed by atoms with Crippen molar-refractivity contribution < 1.29 is 19.1 Å². The molecule has 2 N–H and O–H groups in total. The van der Waals surface area contributed by atoms with Crippen molar-refractivity contribution in [2.45, 2.75) is 81.2 Å². The summed E-state index contributed by atoms with van der Waals surface area (Å²) in [5, 5.41) is 0. The average molecular weight is 427 g/mol. The highest BCUT2D eigenvalue weighted by atomic mass is 16.5.